The fourth-order valence-corrected chi connectivity index (χ4v) is 4.45. The Hall–Kier alpha value is -2.22. The molecule has 148 valence electrons. The summed E-state index contributed by atoms with van der Waals surface area (Å²) in [4.78, 5) is 8.75. The van der Waals surface area contributed by atoms with Gasteiger partial charge in [0.15, 0.2) is 0 Å². The molecule has 0 radical (unpaired) electrons. The van der Waals surface area contributed by atoms with Gasteiger partial charge in [-0.2, -0.15) is 13.2 Å². The standard InChI is InChI=1S/C20H19F4N3S/c21-14-8-6-12(7-9-14)11-25-18-15-10-16(20(22,23)24)28-19(15)27-17(26-18)13-4-2-1-3-5-13/h6-10,13H,1-5,11H2,(H,25,26,27). The summed E-state index contributed by atoms with van der Waals surface area (Å²) in [7, 11) is 0. The summed E-state index contributed by atoms with van der Waals surface area (Å²) in [6.45, 7) is 0.341. The van der Waals surface area contributed by atoms with Gasteiger partial charge in [-0.25, -0.2) is 14.4 Å². The van der Waals surface area contributed by atoms with Gasteiger partial charge in [-0.3, -0.25) is 0 Å². The molecule has 1 aliphatic carbocycles. The summed E-state index contributed by atoms with van der Waals surface area (Å²) in [5.41, 5.74) is 0.818. The van der Waals surface area contributed by atoms with E-state index in [1.807, 2.05) is 0 Å². The van der Waals surface area contributed by atoms with Crippen molar-refractivity contribution in [2.24, 2.45) is 0 Å². The normalized spacial score (nSPS) is 15.9. The minimum Gasteiger partial charge on any atom is -0.365 e. The predicted molar refractivity (Wildman–Crippen MR) is 102 cm³/mol. The van der Waals surface area contributed by atoms with Gasteiger partial charge in [-0.1, -0.05) is 31.4 Å². The number of nitrogens with one attached hydrogen (secondary N) is 1. The average molecular weight is 409 g/mol. The lowest BCUT2D eigenvalue weighted by atomic mass is 9.88. The van der Waals surface area contributed by atoms with Crippen LogP contribution in [0.15, 0.2) is 30.3 Å². The molecule has 1 aromatic carbocycles. The van der Waals surface area contributed by atoms with Crippen molar-refractivity contribution in [3.8, 4) is 0 Å². The molecule has 0 spiro atoms. The molecule has 28 heavy (non-hydrogen) atoms. The van der Waals surface area contributed by atoms with Crippen molar-refractivity contribution in [1.82, 2.24) is 9.97 Å². The highest BCUT2D eigenvalue weighted by Gasteiger charge is 2.34. The number of halogens is 4. The van der Waals surface area contributed by atoms with E-state index in [2.05, 4.69) is 15.3 Å². The molecule has 3 nitrogen and oxygen atoms in total. The minimum absolute atomic E-state index is 0.181. The molecule has 8 heteroatoms. The van der Waals surface area contributed by atoms with Crippen LogP contribution in [0, 0.1) is 5.82 Å². The molecule has 3 aromatic rings. The van der Waals surface area contributed by atoms with Gasteiger partial charge in [0.2, 0.25) is 0 Å². The van der Waals surface area contributed by atoms with Crippen molar-refractivity contribution < 1.29 is 17.6 Å². The Labute approximate surface area is 163 Å². The Morgan fingerprint density at radius 3 is 2.43 bits per heavy atom. The maximum atomic E-state index is 13.2. The van der Waals surface area contributed by atoms with Gasteiger partial charge in [0.1, 0.15) is 27.2 Å². The number of rotatable bonds is 4. The van der Waals surface area contributed by atoms with Gasteiger partial charge < -0.3 is 5.32 Å². The first-order valence-electron chi connectivity index (χ1n) is 9.27. The molecule has 0 bridgehead atoms. The summed E-state index contributed by atoms with van der Waals surface area (Å²) in [6.07, 6.45) is 0.850. The van der Waals surface area contributed by atoms with Gasteiger partial charge in [0.25, 0.3) is 0 Å². The first kappa shape index (κ1) is 19.1. The Morgan fingerprint density at radius 1 is 1.04 bits per heavy atom. The maximum Gasteiger partial charge on any atom is 0.425 e. The van der Waals surface area contributed by atoms with E-state index in [1.54, 1.807) is 12.1 Å². The van der Waals surface area contributed by atoms with Crippen LogP contribution < -0.4 is 5.32 Å². The summed E-state index contributed by atoms with van der Waals surface area (Å²) < 4.78 is 52.7. The zero-order chi connectivity index (χ0) is 19.7. The highest BCUT2D eigenvalue weighted by atomic mass is 32.1. The van der Waals surface area contributed by atoms with Gasteiger partial charge in [-0.15, -0.1) is 11.3 Å². The molecule has 1 N–H and O–H groups in total. The van der Waals surface area contributed by atoms with E-state index < -0.39 is 11.1 Å². The molecule has 0 unspecified atom stereocenters. The Balaban J connectivity index is 1.70. The lowest BCUT2D eigenvalue weighted by Crippen LogP contribution is -2.11. The first-order valence-corrected chi connectivity index (χ1v) is 10.1. The Morgan fingerprint density at radius 2 is 1.75 bits per heavy atom. The van der Waals surface area contributed by atoms with Crippen molar-refractivity contribution in [2.45, 2.75) is 50.7 Å². The molecule has 0 amide bonds. The van der Waals surface area contributed by atoms with Crippen LogP contribution in [0.1, 0.15) is 54.3 Å². The lowest BCUT2D eigenvalue weighted by Gasteiger charge is -2.21. The van der Waals surface area contributed by atoms with Crippen molar-refractivity contribution in [3.63, 3.8) is 0 Å². The largest absolute Gasteiger partial charge is 0.425 e. The van der Waals surface area contributed by atoms with E-state index in [-0.39, 0.29) is 11.7 Å². The molecular formula is C20H19F4N3S. The Kier molecular flexibility index (Phi) is 5.23. The zero-order valence-corrected chi connectivity index (χ0v) is 15.8. The molecule has 1 saturated carbocycles. The second-order valence-corrected chi connectivity index (χ2v) is 8.10. The van der Waals surface area contributed by atoms with Crippen molar-refractivity contribution >= 4 is 27.4 Å². The number of aromatic nitrogens is 2. The predicted octanol–water partition coefficient (Wildman–Crippen LogP) is 6.51. The van der Waals surface area contributed by atoms with E-state index in [0.29, 0.717) is 39.7 Å². The number of hydrogen-bond acceptors (Lipinski definition) is 4. The van der Waals surface area contributed by atoms with Gasteiger partial charge in [-0.05, 0) is 36.6 Å². The Bertz CT molecular complexity index is 960. The number of nitrogens with zero attached hydrogens (tertiary/aromatic N) is 2. The zero-order valence-electron chi connectivity index (χ0n) is 15.0. The van der Waals surface area contributed by atoms with E-state index in [4.69, 9.17) is 0 Å². The van der Waals surface area contributed by atoms with E-state index in [1.165, 1.54) is 18.6 Å². The summed E-state index contributed by atoms with van der Waals surface area (Å²) in [5.74, 6) is 0.868. The summed E-state index contributed by atoms with van der Waals surface area (Å²) in [6, 6.07) is 7.09. The third kappa shape index (κ3) is 4.11. The SMILES string of the molecule is Fc1ccc(CNc2nc(C3CCCCC3)nc3sc(C(F)(F)F)cc23)cc1. The third-order valence-electron chi connectivity index (χ3n) is 5.03. The fourth-order valence-electron chi connectivity index (χ4n) is 3.54. The van der Waals surface area contributed by atoms with Gasteiger partial charge in [0.05, 0.1) is 5.39 Å². The lowest BCUT2D eigenvalue weighted by molar-refractivity contribution is -0.134. The van der Waals surface area contributed by atoms with Crippen LogP contribution >= 0.6 is 11.3 Å². The molecule has 4 rings (SSSR count). The number of hydrogen-bond donors (Lipinski definition) is 1. The quantitative estimate of drug-likeness (QED) is 0.499. The highest BCUT2D eigenvalue weighted by Crippen LogP contribution is 2.40. The fraction of sp³-hybridized carbons (Fsp3) is 0.400. The molecule has 0 aliphatic heterocycles. The number of alkyl halides is 3. The maximum absolute atomic E-state index is 13.2. The van der Waals surface area contributed by atoms with Crippen LogP contribution in [0.5, 0.6) is 0 Å². The molecule has 1 aliphatic rings. The molecule has 1 fully saturated rings. The number of benzene rings is 1. The van der Waals surface area contributed by atoms with Crippen molar-refractivity contribution in [3.05, 3.63) is 52.4 Å². The van der Waals surface area contributed by atoms with Gasteiger partial charge >= 0.3 is 6.18 Å². The van der Waals surface area contributed by atoms with Crippen LogP contribution in [0.4, 0.5) is 23.4 Å². The molecule has 0 atom stereocenters. The summed E-state index contributed by atoms with van der Waals surface area (Å²) in [5, 5.41) is 3.51. The summed E-state index contributed by atoms with van der Waals surface area (Å²) >= 11 is 0.654. The smallest absolute Gasteiger partial charge is 0.365 e. The number of fused-ring (bicyclic) bond motifs is 1. The third-order valence-corrected chi connectivity index (χ3v) is 6.11. The average Bonchev–Trinajstić information content (AvgIpc) is 3.13. The first-order chi connectivity index (χ1) is 13.4. The molecule has 2 aromatic heterocycles. The van der Waals surface area contributed by atoms with Crippen LogP contribution in [-0.4, -0.2) is 9.97 Å². The molecule has 0 saturated heterocycles. The van der Waals surface area contributed by atoms with E-state index in [0.717, 1.165) is 37.3 Å². The number of anilines is 1. The van der Waals surface area contributed by atoms with Crippen molar-refractivity contribution in [1.29, 1.82) is 0 Å². The van der Waals surface area contributed by atoms with E-state index >= 15 is 0 Å². The highest BCUT2D eigenvalue weighted by molar-refractivity contribution is 7.18. The molecule has 2 heterocycles. The number of thiophene rings is 1. The van der Waals surface area contributed by atoms with Crippen LogP contribution in [0.2, 0.25) is 0 Å². The van der Waals surface area contributed by atoms with Crippen LogP contribution in [0.25, 0.3) is 10.2 Å². The monoisotopic (exact) mass is 409 g/mol. The van der Waals surface area contributed by atoms with Crippen LogP contribution in [0.3, 0.4) is 0 Å². The minimum atomic E-state index is -4.41. The second kappa shape index (κ2) is 7.66. The van der Waals surface area contributed by atoms with Crippen molar-refractivity contribution in [2.75, 3.05) is 5.32 Å². The second-order valence-electron chi connectivity index (χ2n) is 7.07. The topological polar surface area (TPSA) is 37.8 Å². The van der Waals surface area contributed by atoms with E-state index in [9.17, 15) is 17.6 Å². The van der Waals surface area contributed by atoms with Gasteiger partial charge in [0, 0.05) is 12.5 Å². The van der Waals surface area contributed by atoms with Crippen LogP contribution in [-0.2, 0) is 12.7 Å². The molecular weight excluding hydrogens is 390 g/mol.